The largest absolute Gasteiger partial charge is 0.391 e. The number of rotatable bonds is 4. The number of halogens is 2. The van der Waals surface area contributed by atoms with Gasteiger partial charge in [0.15, 0.2) is 5.16 Å². The van der Waals surface area contributed by atoms with E-state index in [4.69, 9.17) is 23.2 Å². The Bertz CT molecular complexity index is 848. The summed E-state index contributed by atoms with van der Waals surface area (Å²) in [7, 11) is 0. The molecule has 1 saturated carbocycles. The fourth-order valence-corrected chi connectivity index (χ4v) is 4.82. The van der Waals surface area contributed by atoms with E-state index in [0.29, 0.717) is 39.7 Å². The Morgan fingerprint density at radius 2 is 2.12 bits per heavy atom. The highest BCUT2D eigenvalue weighted by molar-refractivity contribution is 7.98. The number of hydrogen-bond donors (Lipinski definition) is 2. The van der Waals surface area contributed by atoms with Crippen molar-refractivity contribution in [2.24, 2.45) is 5.92 Å². The van der Waals surface area contributed by atoms with E-state index in [2.05, 4.69) is 9.97 Å². The molecular formula is C18H18Cl2N2O2S. The number of thioether (sulfide) groups is 1. The summed E-state index contributed by atoms with van der Waals surface area (Å²) < 4.78 is 0. The molecule has 1 fully saturated rings. The van der Waals surface area contributed by atoms with E-state index in [1.54, 1.807) is 0 Å². The predicted octanol–water partition coefficient (Wildman–Crippen LogP) is 3.94. The molecule has 1 aromatic heterocycles. The minimum absolute atomic E-state index is 0.242. The van der Waals surface area contributed by atoms with Crippen LogP contribution in [0.5, 0.6) is 0 Å². The molecule has 0 saturated heterocycles. The van der Waals surface area contributed by atoms with Gasteiger partial charge in [0, 0.05) is 17.0 Å². The summed E-state index contributed by atoms with van der Waals surface area (Å²) >= 11 is 13.8. The van der Waals surface area contributed by atoms with Crippen LogP contribution in [0.1, 0.15) is 41.1 Å². The molecular weight excluding hydrogens is 379 g/mol. The van der Waals surface area contributed by atoms with E-state index in [1.807, 2.05) is 24.5 Å². The molecule has 4 nitrogen and oxygen atoms in total. The number of aliphatic hydroxyl groups excluding tert-OH is 1. The fourth-order valence-electron chi connectivity index (χ4n) is 3.97. The normalized spacial score (nSPS) is 26.9. The number of aromatic nitrogens is 2. The third-order valence-corrected chi connectivity index (χ3v) is 6.36. The Morgan fingerprint density at radius 3 is 2.84 bits per heavy atom. The first kappa shape index (κ1) is 17.6. The lowest BCUT2D eigenvalue weighted by Crippen LogP contribution is -2.34. The summed E-state index contributed by atoms with van der Waals surface area (Å²) in [5.41, 5.74) is 2.07. The molecule has 4 rings (SSSR count). The zero-order valence-electron chi connectivity index (χ0n) is 13.7. The molecule has 1 aromatic carbocycles. The van der Waals surface area contributed by atoms with E-state index >= 15 is 0 Å². The van der Waals surface area contributed by atoms with Gasteiger partial charge in [-0.3, -0.25) is 0 Å². The van der Waals surface area contributed by atoms with Crippen LogP contribution in [0.15, 0.2) is 23.4 Å². The standard InChI is InChI=1S/C18H18Cl2N2O2S/c1-25-17-21-15(13(8-23)16(20)22-17)7-18(24)6-9-4-12(9)11-3-2-10(19)5-14(11)18/h2-3,5,9,12,23-24H,4,6-8H2,1H3. The predicted molar refractivity (Wildman–Crippen MR) is 99.3 cm³/mol. The van der Waals surface area contributed by atoms with Crippen LogP contribution in [0, 0.1) is 5.92 Å². The summed E-state index contributed by atoms with van der Waals surface area (Å²) in [6.45, 7) is -0.257. The van der Waals surface area contributed by atoms with E-state index in [9.17, 15) is 10.2 Å². The number of nitrogens with zero attached hydrogens (tertiary/aromatic N) is 2. The van der Waals surface area contributed by atoms with Gasteiger partial charge < -0.3 is 10.2 Å². The maximum Gasteiger partial charge on any atom is 0.188 e. The second-order valence-corrected chi connectivity index (χ2v) is 8.40. The summed E-state index contributed by atoms with van der Waals surface area (Å²) in [6.07, 6.45) is 3.93. The summed E-state index contributed by atoms with van der Waals surface area (Å²) in [5, 5.41) is 22.6. The van der Waals surface area contributed by atoms with Crippen LogP contribution >= 0.6 is 35.0 Å². The van der Waals surface area contributed by atoms with Gasteiger partial charge in [0.1, 0.15) is 5.15 Å². The average molecular weight is 397 g/mol. The monoisotopic (exact) mass is 396 g/mol. The third-order valence-electron chi connectivity index (χ3n) is 5.26. The van der Waals surface area contributed by atoms with E-state index < -0.39 is 5.60 Å². The second kappa shape index (κ2) is 6.39. The maximum absolute atomic E-state index is 11.5. The van der Waals surface area contributed by atoms with E-state index in [1.165, 1.54) is 17.3 Å². The highest BCUT2D eigenvalue weighted by Crippen LogP contribution is 2.60. The lowest BCUT2D eigenvalue weighted by Gasteiger charge is -2.35. The van der Waals surface area contributed by atoms with Gasteiger partial charge in [-0.15, -0.1) is 0 Å². The van der Waals surface area contributed by atoms with Crippen molar-refractivity contribution >= 4 is 35.0 Å². The van der Waals surface area contributed by atoms with E-state index in [-0.39, 0.29) is 18.2 Å². The summed E-state index contributed by atoms with van der Waals surface area (Å²) in [6, 6.07) is 5.77. The van der Waals surface area contributed by atoms with Gasteiger partial charge in [-0.25, -0.2) is 9.97 Å². The first-order valence-corrected chi connectivity index (χ1v) is 10.2. The Balaban J connectivity index is 1.79. The highest BCUT2D eigenvalue weighted by Gasteiger charge is 2.51. The van der Waals surface area contributed by atoms with Crippen molar-refractivity contribution in [2.45, 2.75) is 42.5 Å². The molecule has 2 aliphatic carbocycles. The maximum atomic E-state index is 11.5. The van der Waals surface area contributed by atoms with Crippen LogP contribution in [0.3, 0.4) is 0 Å². The van der Waals surface area contributed by atoms with Crippen molar-refractivity contribution in [2.75, 3.05) is 6.26 Å². The summed E-state index contributed by atoms with van der Waals surface area (Å²) in [4.78, 5) is 8.69. The van der Waals surface area contributed by atoms with Gasteiger partial charge in [-0.05, 0) is 54.2 Å². The van der Waals surface area contributed by atoms with Gasteiger partial charge in [0.25, 0.3) is 0 Å². The molecule has 0 radical (unpaired) electrons. The Kier molecular flexibility index (Phi) is 4.49. The van der Waals surface area contributed by atoms with Crippen LogP contribution in [0.25, 0.3) is 0 Å². The van der Waals surface area contributed by atoms with Crippen molar-refractivity contribution in [3.05, 3.63) is 50.8 Å². The number of hydrogen-bond acceptors (Lipinski definition) is 5. The quantitative estimate of drug-likeness (QED) is 0.465. The number of fused-ring (bicyclic) bond motifs is 3. The SMILES string of the molecule is CSc1nc(Cl)c(CO)c(CC2(O)CC3CC3c3ccc(Cl)cc32)n1. The molecule has 7 heteroatoms. The fraction of sp³-hybridized carbons (Fsp3) is 0.444. The molecule has 2 aromatic rings. The zero-order chi connectivity index (χ0) is 17.8. The van der Waals surface area contributed by atoms with Crippen LogP contribution in [0.4, 0.5) is 0 Å². The third kappa shape index (κ3) is 3.06. The Hall–Kier alpha value is -0.850. The highest BCUT2D eigenvalue weighted by atomic mass is 35.5. The van der Waals surface area contributed by atoms with Crippen molar-refractivity contribution < 1.29 is 10.2 Å². The average Bonchev–Trinajstić information content (AvgIpc) is 3.33. The van der Waals surface area contributed by atoms with Crippen LogP contribution < -0.4 is 0 Å². The molecule has 2 aliphatic rings. The lowest BCUT2D eigenvalue weighted by atomic mass is 9.76. The molecule has 132 valence electrons. The lowest BCUT2D eigenvalue weighted by molar-refractivity contribution is 0.0144. The van der Waals surface area contributed by atoms with Gasteiger partial charge in [-0.2, -0.15) is 0 Å². The first-order chi connectivity index (χ1) is 11.9. The van der Waals surface area contributed by atoms with Gasteiger partial charge >= 0.3 is 0 Å². The molecule has 2 N–H and O–H groups in total. The molecule has 3 atom stereocenters. The minimum atomic E-state index is -1.06. The van der Waals surface area contributed by atoms with Crippen molar-refractivity contribution in [1.82, 2.24) is 9.97 Å². The van der Waals surface area contributed by atoms with Crippen molar-refractivity contribution in [3.63, 3.8) is 0 Å². The topological polar surface area (TPSA) is 66.2 Å². The van der Waals surface area contributed by atoms with Gasteiger partial charge in [0.05, 0.1) is 17.9 Å². The summed E-state index contributed by atoms with van der Waals surface area (Å²) in [5.74, 6) is 1.02. The molecule has 0 bridgehead atoms. The molecule has 1 heterocycles. The first-order valence-electron chi connectivity index (χ1n) is 8.17. The van der Waals surface area contributed by atoms with Gasteiger partial charge in [-0.1, -0.05) is 41.0 Å². The molecule has 3 unspecified atom stereocenters. The van der Waals surface area contributed by atoms with Crippen molar-refractivity contribution in [1.29, 1.82) is 0 Å². The van der Waals surface area contributed by atoms with Crippen LogP contribution in [-0.2, 0) is 18.6 Å². The molecule has 0 spiro atoms. The second-order valence-electron chi connectivity index (χ2n) is 6.83. The number of aliphatic hydroxyl groups is 2. The molecule has 25 heavy (non-hydrogen) atoms. The van der Waals surface area contributed by atoms with Crippen molar-refractivity contribution in [3.8, 4) is 0 Å². The zero-order valence-corrected chi connectivity index (χ0v) is 16.0. The Morgan fingerprint density at radius 1 is 1.32 bits per heavy atom. The molecule has 0 aliphatic heterocycles. The van der Waals surface area contributed by atoms with E-state index in [0.717, 1.165) is 12.0 Å². The van der Waals surface area contributed by atoms with Gasteiger partial charge in [0.2, 0.25) is 0 Å². The Labute approximate surface area is 160 Å². The van der Waals surface area contributed by atoms with Crippen LogP contribution in [-0.4, -0.2) is 26.4 Å². The smallest absolute Gasteiger partial charge is 0.188 e. The number of benzene rings is 1. The minimum Gasteiger partial charge on any atom is -0.391 e. The van der Waals surface area contributed by atoms with Crippen LogP contribution in [0.2, 0.25) is 10.2 Å². The molecule has 0 amide bonds.